The Balaban J connectivity index is 1.97. The van der Waals surface area contributed by atoms with Crippen LogP contribution in [0.15, 0.2) is 54.4 Å². The summed E-state index contributed by atoms with van der Waals surface area (Å²) in [5.41, 5.74) is 3.63. The van der Waals surface area contributed by atoms with Crippen LogP contribution in [0.3, 0.4) is 0 Å². The van der Waals surface area contributed by atoms with Crippen molar-refractivity contribution in [1.29, 1.82) is 0 Å². The highest BCUT2D eigenvalue weighted by Gasteiger charge is 2.37. The van der Waals surface area contributed by atoms with Gasteiger partial charge in [-0.05, 0) is 18.2 Å². The highest BCUT2D eigenvalue weighted by molar-refractivity contribution is 6.24. The van der Waals surface area contributed by atoms with E-state index in [0.29, 0.717) is 11.3 Å². The number of benzene rings is 2. The first-order valence-electron chi connectivity index (χ1n) is 6.81. The van der Waals surface area contributed by atoms with Gasteiger partial charge in [0, 0.05) is 19.7 Å². The van der Waals surface area contributed by atoms with Gasteiger partial charge in [0.1, 0.15) is 17.1 Å². The van der Waals surface area contributed by atoms with E-state index in [-0.39, 0.29) is 5.97 Å². The summed E-state index contributed by atoms with van der Waals surface area (Å²) >= 11 is 0. The molecule has 0 fully saturated rings. The van der Waals surface area contributed by atoms with E-state index in [0.717, 1.165) is 22.8 Å². The van der Waals surface area contributed by atoms with E-state index in [2.05, 4.69) is 0 Å². The molecule has 2 aliphatic rings. The van der Waals surface area contributed by atoms with Crippen LogP contribution in [0.4, 0.5) is 11.4 Å². The Morgan fingerprint density at radius 1 is 0.857 bits per heavy atom. The van der Waals surface area contributed by atoms with Crippen molar-refractivity contribution in [2.45, 2.75) is 0 Å². The second-order valence-electron chi connectivity index (χ2n) is 5.19. The lowest BCUT2D eigenvalue weighted by Gasteiger charge is -2.20. The number of nitrogens with zero attached hydrogens (tertiary/aromatic N) is 2. The minimum absolute atomic E-state index is 0.294. The van der Waals surface area contributed by atoms with Gasteiger partial charge in [0.2, 0.25) is 0 Å². The summed E-state index contributed by atoms with van der Waals surface area (Å²) in [6, 6.07) is 15.6. The van der Waals surface area contributed by atoms with Crippen LogP contribution in [-0.2, 0) is 4.79 Å². The molecule has 0 aliphatic carbocycles. The number of hydrogen-bond acceptors (Lipinski definition) is 4. The third-order valence-electron chi connectivity index (χ3n) is 4.03. The topological polar surface area (TPSA) is 32.8 Å². The summed E-state index contributed by atoms with van der Waals surface area (Å²) in [6.45, 7) is 0. The second kappa shape index (κ2) is 4.12. The molecule has 2 heterocycles. The van der Waals surface area contributed by atoms with Crippen molar-refractivity contribution < 1.29 is 9.53 Å². The summed E-state index contributed by atoms with van der Waals surface area (Å²) in [7, 11) is 3.94. The van der Waals surface area contributed by atoms with Crippen LogP contribution in [0.5, 0.6) is 5.75 Å². The molecule has 2 aliphatic heterocycles. The summed E-state index contributed by atoms with van der Waals surface area (Å²) in [6.07, 6.45) is 0. The molecule has 2 aromatic carbocycles. The van der Waals surface area contributed by atoms with Gasteiger partial charge in [0.25, 0.3) is 0 Å². The first kappa shape index (κ1) is 12.0. The number of rotatable bonds is 0. The predicted octanol–water partition coefficient (Wildman–Crippen LogP) is 2.86. The Morgan fingerprint density at radius 3 is 2.10 bits per heavy atom. The molecule has 0 amide bonds. The first-order valence-corrected chi connectivity index (χ1v) is 6.81. The summed E-state index contributed by atoms with van der Waals surface area (Å²) in [5.74, 6) is 1.19. The lowest BCUT2D eigenvalue weighted by atomic mass is 10.1. The maximum Gasteiger partial charge on any atom is 0.348 e. The minimum atomic E-state index is -0.294. The van der Waals surface area contributed by atoms with Crippen molar-refractivity contribution >= 4 is 22.9 Å². The van der Waals surface area contributed by atoms with E-state index in [1.54, 1.807) is 0 Å². The van der Waals surface area contributed by atoms with Gasteiger partial charge in [0.15, 0.2) is 0 Å². The molecular weight excluding hydrogens is 264 g/mol. The van der Waals surface area contributed by atoms with Crippen LogP contribution < -0.4 is 14.5 Å². The molecule has 0 atom stereocenters. The van der Waals surface area contributed by atoms with Gasteiger partial charge in [-0.1, -0.05) is 30.3 Å². The van der Waals surface area contributed by atoms with E-state index in [1.807, 2.05) is 72.4 Å². The number of fused-ring (bicyclic) bond motifs is 2. The smallest absolute Gasteiger partial charge is 0.348 e. The normalized spacial score (nSPS) is 16.2. The molecule has 0 N–H and O–H groups in total. The van der Waals surface area contributed by atoms with Gasteiger partial charge in [-0.2, -0.15) is 0 Å². The van der Waals surface area contributed by atoms with Crippen LogP contribution in [0, 0.1) is 0 Å². The van der Waals surface area contributed by atoms with E-state index in [1.165, 1.54) is 0 Å². The molecule has 2 aromatic rings. The molecule has 104 valence electrons. The quantitative estimate of drug-likeness (QED) is 0.421. The molecule has 4 nitrogen and oxygen atoms in total. The van der Waals surface area contributed by atoms with Crippen LogP contribution in [0.25, 0.3) is 5.57 Å². The largest absolute Gasteiger partial charge is 0.422 e. The highest BCUT2D eigenvalue weighted by Crippen LogP contribution is 2.45. The monoisotopic (exact) mass is 278 g/mol. The van der Waals surface area contributed by atoms with Gasteiger partial charge < -0.3 is 14.5 Å². The fourth-order valence-electron chi connectivity index (χ4n) is 3.05. The van der Waals surface area contributed by atoms with Crippen molar-refractivity contribution in [2.75, 3.05) is 23.9 Å². The van der Waals surface area contributed by atoms with Gasteiger partial charge in [-0.3, -0.25) is 0 Å². The zero-order chi connectivity index (χ0) is 14.6. The zero-order valence-corrected chi connectivity index (χ0v) is 11.8. The summed E-state index contributed by atoms with van der Waals surface area (Å²) in [5, 5.41) is 0. The van der Waals surface area contributed by atoms with Gasteiger partial charge in [-0.25, -0.2) is 4.79 Å². The van der Waals surface area contributed by atoms with Crippen molar-refractivity contribution in [1.82, 2.24) is 0 Å². The van der Waals surface area contributed by atoms with Gasteiger partial charge in [-0.15, -0.1) is 0 Å². The Hall–Kier alpha value is -2.75. The van der Waals surface area contributed by atoms with Crippen LogP contribution in [0.1, 0.15) is 5.56 Å². The van der Waals surface area contributed by atoms with Gasteiger partial charge in [0.05, 0.1) is 11.4 Å². The molecule has 4 heteroatoms. The number of ether oxygens (including phenoxy) is 1. The zero-order valence-electron chi connectivity index (χ0n) is 11.8. The number of carbonyl (C=O) groups excluding carboxylic acids is 1. The summed E-state index contributed by atoms with van der Waals surface area (Å²) in [4.78, 5) is 16.4. The van der Waals surface area contributed by atoms with E-state index in [9.17, 15) is 4.79 Å². The molecule has 0 saturated carbocycles. The average Bonchev–Trinajstić information content (AvgIpc) is 2.95. The van der Waals surface area contributed by atoms with Crippen molar-refractivity contribution in [3.8, 4) is 5.75 Å². The number of hydrogen-bond donors (Lipinski definition) is 0. The molecule has 21 heavy (non-hydrogen) atoms. The Labute approximate surface area is 122 Å². The second-order valence-corrected chi connectivity index (χ2v) is 5.19. The van der Waals surface area contributed by atoms with Gasteiger partial charge >= 0.3 is 5.97 Å². The van der Waals surface area contributed by atoms with E-state index < -0.39 is 0 Å². The number of carbonyl (C=O) groups is 1. The standard InChI is InChI=1S/C17H14N2O2/c1-18-12-8-4-5-9-13(12)19(2)16(18)15-11-7-3-6-10-14(11)21-17(15)20/h3-10H,1-2H3. The average molecular weight is 278 g/mol. The van der Waals surface area contributed by atoms with E-state index in [4.69, 9.17) is 4.74 Å². The van der Waals surface area contributed by atoms with Crippen LogP contribution >= 0.6 is 0 Å². The molecule has 0 radical (unpaired) electrons. The number of para-hydroxylation sites is 3. The fourth-order valence-corrected chi connectivity index (χ4v) is 3.05. The molecular formula is C17H14N2O2. The molecule has 0 saturated heterocycles. The molecule has 0 unspecified atom stereocenters. The van der Waals surface area contributed by atoms with Crippen LogP contribution in [-0.4, -0.2) is 20.1 Å². The Morgan fingerprint density at radius 2 is 1.43 bits per heavy atom. The first-order chi connectivity index (χ1) is 10.2. The fraction of sp³-hybridized carbons (Fsp3) is 0.118. The minimum Gasteiger partial charge on any atom is -0.422 e. The third kappa shape index (κ3) is 1.53. The maximum atomic E-state index is 12.3. The molecule has 0 bridgehead atoms. The predicted molar refractivity (Wildman–Crippen MR) is 82.2 cm³/mol. The molecule has 0 aromatic heterocycles. The van der Waals surface area contributed by atoms with Crippen molar-refractivity contribution in [2.24, 2.45) is 0 Å². The third-order valence-corrected chi connectivity index (χ3v) is 4.03. The lowest BCUT2D eigenvalue weighted by molar-refractivity contribution is -0.127. The van der Waals surface area contributed by atoms with E-state index >= 15 is 0 Å². The SMILES string of the molecule is CN1C(=C2C(=O)Oc3ccccc32)N(C)c2ccccc21. The van der Waals surface area contributed by atoms with Crippen molar-refractivity contribution in [3.63, 3.8) is 0 Å². The molecule has 4 rings (SSSR count). The number of esters is 1. The highest BCUT2D eigenvalue weighted by atomic mass is 16.5. The Bertz CT molecular complexity index is 764. The molecule has 0 spiro atoms. The lowest BCUT2D eigenvalue weighted by Crippen LogP contribution is -2.25. The Kier molecular flexibility index (Phi) is 2.36. The maximum absolute atomic E-state index is 12.3. The van der Waals surface area contributed by atoms with Crippen molar-refractivity contribution in [3.05, 3.63) is 59.9 Å². The number of anilines is 2. The summed E-state index contributed by atoms with van der Waals surface area (Å²) < 4.78 is 5.38. The van der Waals surface area contributed by atoms with Crippen LogP contribution in [0.2, 0.25) is 0 Å².